The first-order valence-corrected chi connectivity index (χ1v) is 12.2. The number of aliphatic carboxylic acids is 1. The summed E-state index contributed by atoms with van der Waals surface area (Å²) in [6, 6.07) is 12.6. The van der Waals surface area contributed by atoms with E-state index in [2.05, 4.69) is 31.9 Å². The maximum atomic E-state index is 13.8. The molecule has 0 amide bonds. The summed E-state index contributed by atoms with van der Waals surface area (Å²) in [6.07, 6.45) is 0.253. The predicted molar refractivity (Wildman–Crippen MR) is 119 cm³/mol. The van der Waals surface area contributed by atoms with Crippen LogP contribution in [0.3, 0.4) is 0 Å². The molecule has 1 N–H and O–H groups in total. The molecule has 1 heterocycles. The van der Waals surface area contributed by atoms with Crippen molar-refractivity contribution >= 4 is 47.9 Å². The fraction of sp³-hybridized carbons (Fsp3) is 0.381. The molecule has 156 valence electrons. The lowest BCUT2D eigenvalue weighted by molar-refractivity contribution is -0.142. The fourth-order valence-corrected chi connectivity index (χ4v) is 7.20. The number of sulfonamides is 1. The average molecular weight is 545 g/mol. The highest BCUT2D eigenvalue weighted by Crippen LogP contribution is 2.50. The lowest BCUT2D eigenvalue weighted by Crippen LogP contribution is -2.44. The zero-order valence-electron chi connectivity index (χ0n) is 16.3. The van der Waals surface area contributed by atoms with Crippen molar-refractivity contribution in [2.75, 3.05) is 0 Å². The maximum Gasteiger partial charge on any atom is 0.308 e. The van der Waals surface area contributed by atoms with Crippen LogP contribution >= 0.6 is 31.9 Å². The maximum absolute atomic E-state index is 13.8. The van der Waals surface area contributed by atoms with E-state index in [1.54, 1.807) is 36.4 Å². The lowest BCUT2D eigenvalue weighted by atomic mass is 9.83. The number of carboxylic acid groups (broad SMARTS) is 1. The van der Waals surface area contributed by atoms with Crippen LogP contribution in [-0.2, 0) is 14.8 Å². The number of carbonyl (C=O) groups is 1. The van der Waals surface area contributed by atoms with Crippen molar-refractivity contribution < 1.29 is 18.3 Å². The van der Waals surface area contributed by atoms with Gasteiger partial charge in [-0.25, -0.2) is 8.42 Å². The minimum Gasteiger partial charge on any atom is -0.481 e. The molecule has 3 atom stereocenters. The Balaban J connectivity index is 2.25. The molecule has 8 heteroatoms. The van der Waals surface area contributed by atoms with Gasteiger partial charge in [-0.15, -0.1) is 0 Å². The van der Waals surface area contributed by atoms with Gasteiger partial charge < -0.3 is 5.11 Å². The highest BCUT2D eigenvalue weighted by Gasteiger charge is 2.54. The highest BCUT2D eigenvalue weighted by atomic mass is 79.9. The third kappa shape index (κ3) is 4.31. The predicted octanol–water partition coefficient (Wildman–Crippen LogP) is 5.46. The van der Waals surface area contributed by atoms with Gasteiger partial charge in [0.2, 0.25) is 10.0 Å². The van der Waals surface area contributed by atoms with Gasteiger partial charge in [-0.2, -0.15) is 4.31 Å². The second kappa shape index (κ2) is 8.13. The first-order valence-electron chi connectivity index (χ1n) is 9.21. The molecule has 0 spiro atoms. The van der Waals surface area contributed by atoms with E-state index in [0.29, 0.717) is 10.0 Å². The molecule has 0 saturated carbocycles. The molecule has 2 aromatic carbocycles. The monoisotopic (exact) mass is 543 g/mol. The molecule has 3 rings (SSSR count). The molecule has 1 aliphatic heterocycles. The number of carboxylic acids is 1. The fourth-order valence-electron chi connectivity index (χ4n) is 3.94. The van der Waals surface area contributed by atoms with Gasteiger partial charge in [0, 0.05) is 15.0 Å². The lowest BCUT2D eigenvalue weighted by Gasteiger charge is -2.37. The van der Waals surface area contributed by atoms with E-state index in [9.17, 15) is 18.3 Å². The van der Waals surface area contributed by atoms with Gasteiger partial charge in [0.1, 0.15) is 0 Å². The Morgan fingerprint density at radius 3 is 2.17 bits per heavy atom. The molecule has 2 aromatic rings. The summed E-state index contributed by atoms with van der Waals surface area (Å²) in [4.78, 5) is 12.3. The van der Waals surface area contributed by atoms with Crippen LogP contribution in [0.1, 0.15) is 38.8 Å². The molecule has 5 nitrogen and oxygen atoms in total. The minimum absolute atomic E-state index is 0.141. The van der Waals surface area contributed by atoms with Crippen molar-refractivity contribution in [2.45, 2.75) is 44.2 Å². The molecular formula is C21H23Br2NO4S. The largest absolute Gasteiger partial charge is 0.481 e. The summed E-state index contributed by atoms with van der Waals surface area (Å²) in [5, 5.41) is 9.95. The molecule has 1 aliphatic rings. The summed E-state index contributed by atoms with van der Waals surface area (Å²) in [5.74, 6) is -1.82. The Kier molecular flexibility index (Phi) is 6.30. The summed E-state index contributed by atoms with van der Waals surface area (Å²) in [6.45, 7) is 5.84. The summed E-state index contributed by atoms with van der Waals surface area (Å²) < 4.78 is 30.4. The second-order valence-electron chi connectivity index (χ2n) is 8.32. The van der Waals surface area contributed by atoms with Crippen molar-refractivity contribution in [3.63, 3.8) is 0 Å². The highest BCUT2D eigenvalue weighted by molar-refractivity contribution is 9.10. The van der Waals surface area contributed by atoms with Gasteiger partial charge in [0.15, 0.2) is 0 Å². The summed E-state index contributed by atoms with van der Waals surface area (Å²) in [5.41, 5.74) is 0.231. The summed E-state index contributed by atoms with van der Waals surface area (Å²) >= 11 is 6.74. The van der Waals surface area contributed by atoms with Crippen molar-refractivity contribution in [2.24, 2.45) is 11.3 Å². The van der Waals surface area contributed by atoms with Crippen molar-refractivity contribution in [3.8, 4) is 0 Å². The number of halogens is 2. The first-order chi connectivity index (χ1) is 13.4. The Hall–Kier alpha value is -1.22. The van der Waals surface area contributed by atoms with Crippen LogP contribution in [-0.4, -0.2) is 29.8 Å². The Labute approximate surface area is 188 Å². The second-order valence-corrected chi connectivity index (χ2v) is 11.9. The molecule has 0 aliphatic carbocycles. The first kappa shape index (κ1) is 22.5. The van der Waals surface area contributed by atoms with Gasteiger partial charge >= 0.3 is 5.97 Å². The summed E-state index contributed by atoms with van der Waals surface area (Å²) in [7, 11) is -3.96. The average Bonchev–Trinajstić information content (AvgIpc) is 3.04. The van der Waals surface area contributed by atoms with E-state index in [1.807, 2.05) is 32.9 Å². The number of rotatable bonds is 4. The number of nitrogens with zero attached hydrogens (tertiary/aromatic N) is 1. The third-order valence-corrected chi connectivity index (χ3v) is 8.79. The molecule has 0 bridgehead atoms. The number of hydrogen-bond donors (Lipinski definition) is 1. The van der Waals surface area contributed by atoms with Crippen LogP contribution < -0.4 is 0 Å². The zero-order chi connectivity index (χ0) is 21.6. The standard InChI is InChI=1S/C21H23Br2NO4S/c1-21(2,3)18-12-15(20(25)26)19(13-8-10-14(22)11-9-13)24(18)29(27,28)17-7-5-4-6-16(17)23/h4-11,15,18-19H,12H2,1-3H3,(H,25,26)/t15-,18+,19+/m1/s1. The molecule has 0 radical (unpaired) electrons. The molecule has 0 aromatic heterocycles. The molecule has 1 fully saturated rings. The SMILES string of the molecule is CC(C)(C)[C@@H]1C[C@@H](C(=O)O)[C@H](c2ccc(Br)cc2)N1S(=O)(=O)c1ccccc1Br. The number of hydrogen-bond acceptors (Lipinski definition) is 3. The van der Waals surface area contributed by atoms with E-state index in [-0.39, 0.29) is 11.3 Å². The van der Waals surface area contributed by atoms with E-state index in [4.69, 9.17) is 0 Å². The Morgan fingerprint density at radius 2 is 1.66 bits per heavy atom. The quantitative estimate of drug-likeness (QED) is 0.554. The number of benzene rings is 2. The van der Waals surface area contributed by atoms with Crippen molar-refractivity contribution in [1.29, 1.82) is 0 Å². The van der Waals surface area contributed by atoms with Crippen LogP contribution in [0.25, 0.3) is 0 Å². The van der Waals surface area contributed by atoms with E-state index in [1.165, 1.54) is 4.31 Å². The van der Waals surface area contributed by atoms with Crippen LogP contribution in [0.4, 0.5) is 0 Å². The normalized spacial score (nSPS) is 23.3. The van der Waals surface area contributed by atoms with Gasteiger partial charge in [-0.3, -0.25) is 4.79 Å². The van der Waals surface area contributed by atoms with Crippen LogP contribution in [0, 0.1) is 11.3 Å². The Bertz CT molecular complexity index is 1020. The van der Waals surface area contributed by atoms with Crippen molar-refractivity contribution in [1.82, 2.24) is 4.31 Å². The molecule has 1 saturated heterocycles. The molecule has 0 unspecified atom stereocenters. The van der Waals surface area contributed by atoms with E-state index < -0.39 is 39.4 Å². The third-order valence-electron chi connectivity index (χ3n) is 5.36. The minimum atomic E-state index is -3.96. The van der Waals surface area contributed by atoms with Gasteiger partial charge in [-0.1, -0.05) is 61.0 Å². The van der Waals surface area contributed by atoms with Gasteiger partial charge in [0.25, 0.3) is 0 Å². The Morgan fingerprint density at radius 1 is 1.07 bits per heavy atom. The van der Waals surface area contributed by atoms with Crippen LogP contribution in [0.15, 0.2) is 62.4 Å². The van der Waals surface area contributed by atoms with Crippen molar-refractivity contribution in [3.05, 3.63) is 63.0 Å². The smallest absolute Gasteiger partial charge is 0.308 e. The zero-order valence-corrected chi connectivity index (χ0v) is 20.3. The topological polar surface area (TPSA) is 74.7 Å². The van der Waals surface area contributed by atoms with Crippen LogP contribution in [0.5, 0.6) is 0 Å². The molecule has 29 heavy (non-hydrogen) atoms. The van der Waals surface area contributed by atoms with Gasteiger partial charge in [-0.05, 0) is 57.6 Å². The van der Waals surface area contributed by atoms with Gasteiger partial charge in [0.05, 0.1) is 16.9 Å². The van der Waals surface area contributed by atoms with Crippen LogP contribution in [0.2, 0.25) is 0 Å². The van der Waals surface area contributed by atoms with E-state index >= 15 is 0 Å². The molecular weight excluding hydrogens is 522 g/mol. The van der Waals surface area contributed by atoms with E-state index in [0.717, 1.165) is 4.47 Å².